The van der Waals surface area contributed by atoms with Crippen molar-refractivity contribution in [3.8, 4) is 0 Å². The lowest BCUT2D eigenvalue weighted by atomic mass is 10.1. The van der Waals surface area contributed by atoms with Gasteiger partial charge < -0.3 is 5.73 Å². The van der Waals surface area contributed by atoms with Crippen molar-refractivity contribution >= 4 is 32.8 Å². The molecule has 0 aliphatic rings. The number of thiophene rings is 1. The molecular formula is C9H8N2O2S. The maximum Gasteiger partial charge on any atom is 0.275 e. The molecule has 14 heavy (non-hydrogen) atoms. The van der Waals surface area contributed by atoms with E-state index in [0.29, 0.717) is 11.3 Å². The molecule has 0 saturated carbocycles. The molecule has 1 aromatic carbocycles. The van der Waals surface area contributed by atoms with Crippen LogP contribution in [0.4, 0.5) is 11.4 Å². The van der Waals surface area contributed by atoms with Crippen molar-refractivity contribution in [1.82, 2.24) is 0 Å². The monoisotopic (exact) mass is 208 g/mol. The molecule has 72 valence electrons. The van der Waals surface area contributed by atoms with Gasteiger partial charge in [-0.15, -0.1) is 11.3 Å². The molecule has 0 aliphatic carbocycles. The Morgan fingerprint density at radius 1 is 1.57 bits per heavy atom. The Morgan fingerprint density at radius 3 is 2.93 bits per heavy atom. The molecule has 1 heterocycles. The number of nitrogen functional groups attached to an aromatic ring is 1. The Labute approximate surface area is 84.1 Å². The lowest BCUT2D eigenvalue weighted by Gasteiger charge is -2.02. The highest BCUT2D eigenvalue weighted by Crippen LogP contribution is 2.34. The van der Waals surface area contributed by atoms with E-state index in [-0.39, 0.29) is 5.69 Å². The molecule has 2 rings (SSSR count). The Bertz CT molecular complexity index is 519. The second-order valence-electron chi connectivity index (χ2n) is 3.02. The van der Waals surface area contributed by atoms with Crippen LogP contribution in [0.1, 0.15) is 5.56 Å². The number of nitrogens with zero attached hydrogens (tertiary/aromatic N) is 1. The molecule has 0 bridgehead atoms. The number of nitro benzene ring substituents is 1. The van der Waals surface area contributed by atoms with Gasteiger partial charge in [0, 0.05) is 16.2 Å². The van der Waals surface area contributed by atoms with Gasteiger partial charge in [-0.1, -0.05) is 0 Å². The molecule has 5 heteroatoms. The fourth-order valence-corrected chi connectivity index (χ4v) is 2.25. The van der Waals surface area contributed by atoms with E-state index in [4.69, 9.17) is 5.73 Å². The maximum absolute atomic E-state index is 10.7. The minimum Gasteiger partial charge on any atom is -0.398 e. The van der Waals surface area contributed by atoms with E-state index < -0.39 is 4.92 Å². The quantitative estimate of drug-likeness (QED) is 0.445. The summed E-state index contributed by atoms with van der Waals surface area (Å²) in [5.74, 6) is 0. The van der Waals surface area contributed by atoms with Crippen molar-refractivity contribution in [3.05, 3.63) is 33.2 Å². The van der Waals surface area contributed by atoms with Crippen molar-refractivity contribution < 1.29 is 4.92 Å². The van der Waals surface area contributed by atoms with Gasteiger partial charge in [-0.2, -0.15) is 0 Å². The molecule has 0 saturated heterocycles. The van der Waals surface area contributed by atoms with E-state index >= 15 is 0 Å². The van der Waals surface area contributed by atoms with Crippen molar-refractivity contribution in [1.29, 1.82) is 0 Å². The van der Waals surface area contributed by atoms with Crippen LogP contribution in [-0.4, -0.2) is 4.92 Å². The second kappa shape index (κ2) is 2.95. The van der Waals surface area contributed by atoms with E-state index in [2.05, 4.69) is 0 Å². The van der Waals surface area contributed by atoms with Gasteiger partial charge in [0.25, 0.3) is 5.69 Å². The summed E-state index contributed by atoms with van der Waals surface area (Å²) < 4.78 is 0.861. The zero-order valence-electron chi connectivity index (χ0n) is 7.48. The average Bonchev–Trinajstić information content (AvgIpc) is 2.58. The molecule has 4 nitrogen and oxygen atoms in total. The van der Waals surface area contributed by atoms with Crippen molar-refractivity contribution in [2.75, 3.05) is 5.73 Å². The lowest BCUT2D eigenvalue weighted by Crippen LogP contribution is -1.96. The van der Waals surface area contributed by atoms with Gasteiger partial charge in [0.15, 0.2) is 0 Å². The number of hydrogen-bond donors (Lipinski definition) is 1. The minimum absolute atomic E-state index is 0.0949. The molecule has 0 radical (unpaired) electrons. The van der Waals surface area contributed by atoms with Gasteiger partial charge >= 0.3 is 0 Å². The lowest BCUT2D eigenvalue weighted by molar-refractivity contribution is -0.385. The summed E-state index contributed by atoms with van der Waals surface area (Å²) in [5.41, 5.74) is 6.95. The molecule has 0 aliphatic heterocycles. The summed E-state index contributed by atoms with van der Waals surface area (Å²) in [4.78, 5) is 10.3. The van der Waals surface area contributed by atoms with Crippen LogP contribution in [0.25, 0.3) is 10.1 Å². The Kier molecular flexibility index (Phi) is 1.89. The number of anilines is 1. The van der Waals surface area contributed by atoms with Crippen LogP contribution in [-0.2, 0) is 0 Å². The molecule has 0 atom stereocenters. The molecular weight excluding hydrogens is 200 g/mol. The Balaban J connectivity index is 2.87. The summed E-state index contributed by atoms with van der Waals surface area (Å²) in [5, 5.41) is 13.5. The van der Waals surface area contributed by atoms with Gasteiger partial charge in [-0.05, 0) is 18.4 Å². The molecule has 0 amide bonds. The number of rotatable bonds is 1. The first-order chi connectivity index (χ1) is 6.61. The minimum atomic E-state index is -0.398. The fraction of sp³-hybridized carbons (Fsp3) is 0.111. The van der Waals surface area contributed by atoms with E-state index in [1.165, 1.54) is 11.3 Å². The smallest absolute Gasteiger partial charge is 0.275 e. The first kappa shape index (κ1) is 8.96. The molecule has 2 N–H and O–H groups in total. The van der Waals surface area contributed by atoms with E-state index in [0.717, 1.165) is 10.1 Å². The van der Waals surface area contributed by atoms with Crippen molar-refractivity contribution in [2.24, 2.45) is 0 Å². The van der Waals surface area contributed by atoms with Gasteiger partial charge in [-0.25, -0.2) is 0 Å². The number of hydrogen-bond acceptors (Lipinski definition) is 4. The molecule has 1 aromatic heterocycles. The van der Waals surface area contributed by atoms with Gasteiger partial charge in [0.1, 0.15) is 0 Å². The third kappa shape index (κ3) is 1.13. The van der Waals surface area contributed by atoms with Crippen LogP contribution in [0, 0.1) is 17.0 Å². The summed E-state index contributed by atoms with van der Waals surface area (Å²) in [6.45, 7) is 1.67. The predicted octanol–water partition coefficient (Wildman–Crippen LogP) is 2.70. The zero-order chi connectivity index (χ0) is 10.3. The SMILES string of the molecule is Cc1c([N+](=O)[O-])cc2sccc2c1N. The van der Waals surface area contributed by atoms with Crippen LogP contribution < -0.4 is 5.73 Å². The average molecular weight is 208 g/mol. The van der Waals surface area contributed by atoms with E-state index in [9.17, 15) is 10.1 Å². The van der Waals surface area contributed by atoms with Crippen LogP contribution in [0.15, 0.2) is 17.5 Å². The Hall–Kier alpha value is -1.62. The standard InChI is InChI=1S/C9H8N2O2S/c1-5-7(11(12)13)4-8-6(9(5)10)2-3-14-8/h2-4H,10H2,1H3. The van der Waals surface area contributed by atoms with Gasteiger partial charge in [0.05, 0.1) is 16.2 Å². The molecule has 2 aromatic rings. The number of nitro groups is 1. The normalized spacial score (nSPS) is 10.6. The van der Waals surface area contributed by atoms with Crippen LogP contribution >= 0.6 is 11.3 Å². The summed E-state index contributed by atoms with van der Waals surface area (Å²) in [6, 6.07) is 3.46. The van der Waals surface area contributed by atoms with E-state index in [1.54, 1.807) is 13.0 Å². The molecule has 0 unspecified atom stereocenters. The highest BCUT2D eigenvalue weighted by molar-refractivity contribution is 7.17. The number of nitrogens with two attached hydrogens (primary N) is 1. The number of fused-ring (bicyclic) bond motifs is 1. The first-order valence-electron chi connectivity index (χ1n) is 4.02. The zero-order valence-corrected chi connectivity index (χ0v) is 8.30. The van der Waals surface area contributed by atoms with E-state index in [1.807, 2.05) is 11.4 Å². The summed E-state index contributed by atoms with van der Waals surface area (Å²) in [6.07, 6.45) is 0. The van der Waals surface area contributed by atoms with Crippen LogP contribution in [0.3, 0.4) is 0 Å². The molecule has 0 fully saturated rings. The highest BCUT2D eigenvalue weighted by Gasteiger charge is 2.16. The topological polar surface area (TPSA) is 69.2 Å². The molecule has 0 spiro atoms. The Morgan fingerprint density at radius 2 is 2.29 bits per heavy atom. The van der Waals surface area contributed by atoms with Gasteiger partial charge in [0.2, 0.25) is 0 Å². The predicted molar refractivity (Wildman–Crippen MR) is 57.6 cm³/mol. The van der Waals surface area contributed by atoms with Crippen molar-refractivity contribution in [2.45, 2.75) is 6.92 Å². The largest absolute Gasteiger partial charge is 0.398 e. The van der Waals surface area contributed by atoms with Gasteiger partial charge in [-0.3, -0.25) is 10.1 Å². The maximum atomic E-state index is 10.7. The summed E-state index contributed by atoms with van der Waals surface area (Å²) in [7, 11) is 0. The summed E-state index contributed by atoms with van der Waals surface area (Å²) >= 11 is 1.46. The third-order valence-corrected chi connectivity index (χ3v) is 3.10. The fourth-order valence-electron chi connectivity index (χ4n) is 1.42. The number of benzene rings is 1. The highest BCUT2D eigenvalue weighted by atomic mass is 32.1. The third-order valence-electron chi connectivity index (χ3n) is 2.24. The van der Waals surface area contributed by atoms with Crippen molar-refractivity contribution in [3.63, 3.8) is 0 Å². The van der Waals surface area contributed by atoms with Crippen LogP contribution in [0.5, 0.6) is 0 Å². The first-order valence-corrected chi connectivity index (χ1v) is 4.90. The van der Waals surface area contributed by atoms with Crippen LogP contribution in [0.2, 0.25) is 0 Å². The second-order valence-corrected chi connectivity index (χ2v) is 3.97.